The van der Waals surface area contributed by atoms with Crippen molar-refractivity contribution in [3.63, 3.8) is 0 Å². The lowest BCUT2D eigenvalue weighted by molar-refractivity contribution is 0.0691. The van der Waals surface area contributed by atoms with Gasteiger partial charge in [0.25, 0.3) is 0 Å². The molecule has 1 rings (SSSR count). The highest BCUT2D eigenvalue weighted by molar-refractivity contribution is 5.95. The van der Waals surface area contributed by atoms with Gasteiger partial charge in [-0.1, -0.05) is 43.6 Å². The summed E-state index contributed by atoms with van der Waals surface area (Å²) < 4.78 is 5.67. The van der Waals surface area contributed by atoms with Crippen molar-refractivity contribution in [2.75, 3.05) is 6.61 Å². The topological polar surface area (TPSA) is 66.8 Å². The van der Waals surface area contributed by atoms with E-state index in [0.717, 1.165) is 38.5 Å². The summed E-state index contributed by atoms with van der Waals surface area (Å²) in [5.41, 5.74) is 2.57. The zero-order chi connectivity index (χ0) is 20.2. The number of aromatic hydroxyl groups is 1. The summed E-state index contributed by atoms with van der Waals surface area (Å²) in [6, 6.07) is 1.59. The molecule has 0 saturated carbocycles. The van der Waals surface area contributed by atoms with Gasteiger partial charge in [0.15, 0.2) is 0 Å². The molecule has 0 spiro atoms. The second-order valence-corrected chi connectivity index (χ2v) is 6.98. The Morgan fingerprint density at radius 2 is 1.89 bits per heavy atom. The number of allylic oxidation sites excluding steroid dienone is 3. The average molecular weight is 375 g/mol. The summed E-state index contributed by atoms with van der Waals surface area (Å²) in [6.07, 6.45) is 12.4. The van der Waals surface area contributed by atoms with Crippen LogP contribution in [0, 0.1) is 0 Å². The number of carboxylic acid groups (broad SMARTS) is 1. The van der Waals surface area contributed by atoms with Gasteiger partial charge >= 0.3 is 5.97 Å². The summed E-state index contributed by atoms with van der Waals surface area (Å²) in [5, 5.41) is 20.2. The monoisotopic (exact) mass is 374 g/mol. The molecule has 0 aliphatic rings. The van der Waals surface area contributed by atoms with Crippen LogP contribution < -0.4 is 4.74 Å². The van der Waals surface area contributed by atoms with E-state index in [1.807, 2.05) is 13.0 Å². The second kappa shape index (κ2) is 12.2. The highest BCUT2D eigenvalue weighted by Crippen LogP contribution is 2.37. The number of ether oxygens (including phenoxy) is 1. The number of rotatable bonds is 12. The standard InChI is InChI=1S/C23H34O4/c1-5-7-10-14-18-16-20(24)19(15-12-9-8-11-13-17(3)4)22(27-6-2)21(18)23(25)26/h12-13,15-16,24H,5-11,14H2,1-4H3,(H,25,26)/b15-12-. The van der Waals surface area contributed by atoms with E-state index in [-0.39, 0.29) is 17.1 Å². The van der Waals surface area contributed by atoms with Crippen molar-refractivity contribution in [3.8, 4) is 11.5 Å². The Bertz CT molecular complexity index is 667. The smallest absolute Gasteiger partial charge is 0.339 e. The predicted molar refractivity (Wildman–Crippen MR) is 112 cm³/mol. The van der Waals surface area contributed by atoms with Crippen molar-refractivity contribution >= 4 is 12.0 Å². The Kier molecular flexibility index (Phi) is 10.3. The lowest BCUT2D eigenvalue weighted by Crippen LogP contribution is -2.09. The number of phenolic OH excluding ortho intramolecular Hbond substituents is 1. The third-order valence-electron chi connectivity index (χ3n) is 4.34. The number of benzene rings is 1. The number of aromatic carboxylic acids is 1. The summed E-state index contributed by atoms with van der Waals surface area (Å²) in [4.78, 5) is 11.9. The Morgan fingerprint density at radius 1 is 1.15 bits per heavy atom. The molecular weight excluding hydrogens is 340 g/mol. The lowest BCUT2D eigenvalue weighted by Gasteiger charge is -2.16. The molecule has 0 atom stereocenters. The van der Waals surface area contributed by atoms with Crippen molar-refractivity contribution in [3.05, 3.63) is 40.5 Å². The molecule has 150 valence electrons. The number of carboxylic acids is 1. The molecular formula is C23H34O4. The maximum absolute atomic E-state index is 11.9. The van der Waals surface area contributed by atoms with Crippen LogP contribution in [0.25, 0.3) is 6.08 Å². The van der Waals surface area contributed by atoms with Crippen LogP contribution in [0.2, 0.25) is 0 Å². The molecule has 0 bridgehead atoms. The molecule has 1 aromatic rings. The van der Waals surface area contributed by atoms with Gasteiger partial charge < -0.3 is 14.9 Å². The van der Waals surface area contributed by atoms with Gasteiger partial charge in [-0.05, 0) is 64.5 Å². The highest BCUT2D eigenvalue weighted by atomic mass is 16.5. The molecule has 0 heterocycles. The van der Waals surface area contributed by atoms with Crippen LogP contribution in [0.1, 0.15) is 87.7 Å². The van der Waals surface area contributed by atoms with E-state index in [0.29, 0.717) is 24.2 Å². The number of unbranched alkanes of at least 4 members (excludes halogenated alkanes) is 4. The van der Waals surface area contributed by atoms with Crippen LogP contribution in [-0.2, 0) is 6.42 Å². The maximum Gasteiger partial charge on any atom is 0.339 e. The van der Waals surface area contributed by atoms with Crippen molar-refractivity contribution in [2.24, 2.45) is 0 Å². The normalized spacial score (nSPS) is 11.0. The minimum atomic E-state index is -1.01. The molecule has 0 fully saturated rings. The van der Waals surface area contributed by atoms with Gasteiger partial charge in [-0.25, -0.2) is 4.79 Å². The Labute approximate surface area is 163 Å². The van der Waals surface area contributed by atoms with Crippen LogP contribution in [-0.4, -0.2) is 22.8 Å². The second-order valence-electron chi connectivity index (χ2n) is 6.98. The van der Waals surface area contributed by atoms with E-state index in [2.05, 4.69) is 26.8 Å². The van der Waals surface area contributed by atoms with E-state index in [4.69, 9.17) is 4.74 Å². The third kappa shape index (κ3) is 7.49. The largest absolute Gasteiger partial charge is 0.507 e. The molecule has 2 N–H and O–H groups in total. The zero-order valence-electron chi connectivity index (χ0n) is 17.2. The van der Waals surface area contributed by atoms with E-state index >= 15 is 0 Å². The molecule has 27 heavy (non-hydrogen) atoms. The maximum atomic E-state index is 11.9. The molecule has 0 unspecified atom stereocenters. The first-order valence-corrected chi connectivity index (χ1v) is 9.97. The molecule has 4 heteroatoms. The summed E-state index contributed by atoms with van der Waals surface area (Å²) in [7, 11) is 0. The molecule has 0 radical (unpaired) electrons. The summed E-state index contributed by atoms with van der Waals surface area (Å²) in [5.74, 6) is -0.657. The first-order valence-electron chi connectivity index (χ1n) is 9.97. The van der Waals surface area contributed by atoms with Crippen molar-refractivity contribution in [1.82, 2.24) is 0 Å². The minimum absolute atomic E-state index is 0.0792. The molecule has 0 aliphatic carbocycles. The van der Waals surface area contributed by atoms with E-state index < -0.39 is 5.97 Å². The van der Waals surface area contributed by atoms with Crippen LogP contribution in [0.4, 0.5) is 0 Å². The zero-order valence-corrected chi connectivity index (χ0v) is 17.2. The highest BCUT2D eigenvalue weighted by Gasteiger charge is 2.22. The fourth-order valence-electron chi connectivity index (χ4n) is 2.99. The van der Waals surface area contributed by atoms with Crippen LogP contribution >= 0.6 is 0 Å². The van der Waals surface area contributed by atoms with Crippen molar-refractivity contribution < 1.29 is 19.7 Å². The van der Waals surface area contributed by atoms with Crippen molar-refractivity contribution in [1.29, 1.82) is 0 Å². The number of hydrogen-bond acceptors (Lipinski definition) is 3. The van der Waals surface area contributed by atoms with Crippen LogP contribution in [0.3, 0.4) is 0 Å². The summed E-state index contributed by atoms with van der Waals surface area (Å²) in [6.45, 7) is 8.43. The third-order valence-corrected chi connectivity index (χ3v) is 4.34. The first kappa shape index (κ1) is 22.8. The van der Waals surface area contributed by atoms with Crippen LogP contribution in [0.15, 0.2) is 23.8 Å². The van der Waals surface area contributed by atoms with Gasteiger partial charge in [0, 0.05) is 0 Å². The van der Waals surface area contributed by atoms with Gasteiger partial charge in [-0.2, -0.15) is 0 Å². The number of hydrogen-bond donors (Lipinski definition) is 2. The lowest BCUT2D eigenvalue weighted by atomic mass is 9.96. The van der Waals surface area contributed by atoms with Crippen molar-refractivity contribution in [2.45, 2.75) is 72.6 Å². The number of aryl methyl sites for hydroxylation is 1. The first-order chi connectivity index (χ1) is 12.9. The van der Waals surface area contributed by atoms with Gasteiger partial charge in [0.1, 0.15) is 17.1 Å². The van der Waals surface area contributed by atoms with E-state index in [9.17, 15) is 15.0 Å². The van der Waals surface area contributed by atoms with Crippen LogP contribution in [0.5, 0.6) is 11.5 Å². The van der Waals surface area contributed by atoms with Gasteiger partial charge in [0.05, 0.1) is 12.2 Å². The van der Waals surface area contributed by atoms with Gasteiger partial charge in [0.2, 0.25) is 0 Å². The number of carbonyl (C=O) groups is 1. The Hall–Kier alpha value is -2.23. The quantitative estimate of drug-likeness (QED) is 0.329. The Balaban J connectivity index is 3.13. The average Bonchev–Trinajstić information content (AvgIpc) is 2.59. The minimum Gasteiger partial charge on any atom is -0.507 e. The summed E-state index contributed by atoms with van der Waals surface area (Å²) >= 11 is 0. The molecule has 1 aromatic carbocycles. The fraction of sp³-hybridized carbons (Fsp3) is 0.522. The van der Waals surface area contributed by atoms with E-state index in [1.165, 1.54) is 5.57 Å². The SMILES string of the molecule is CCCCCc1cc(O)c(/C=C\CCCC=C(C)C)c(OCC)c1C(=O)O. The van der Waals surface area contributed by atoms with E-state index in [1.54, 1.807) is 12.1 Å². The molecule has 0 aromatic heterocycles. The molecule has 0 amide bonds. The van der Waals surface area contributed by atoms with Gasteiger partial charge in [-0.15, -0.1) is 0 Å². The molecule has 0 saturated heterocycles. The molecule has 4 nitrogen and oxygen atoms in total. The molecule has 0 aliphatic heterocycles. The Morgan fingerprint density at radius 3 is 2.48 bits per heavy atom. The predicted octanol–water partition coefficient (Wildman–Crippen LogP) is 6.37. The number of phenols is 1. The fourth-order valence-corrected chi connectivity index (χ4v) is 2.99. The van der Waals surface area contributed by atoms with Gasteiger partial charge in [-0.3, -0.25) is 0 Å².